The van der Waals surface area contributed by atoms with Crippen LogP contribution in [0.2, 0.25) is 0 Å². The minimum absolute atomic E-state index is 0.734. The summed E-state index contributed by atoms with van der Waals surface area (Å²) < 4.78 is 6.34. The zero-order valence-electron chi connectivity index (χ0n) is 22.4. The topological polar surface area (TPSA) is 9.23 Å². The van der Waals surface area contributed by atoms with Gasteiger partial charge in [-0.1, -0.05) is 109 Å². The molecule has 1 nitrogen and oxygen atoms in total. The van der Waals surface area contributed by atoms with Crippen LogP contribution in [0.3, 0.4) is 0 Å². The van der Waals surface area contributed by atoms with Gasteiger partial charge in [-0.25, -0.2) is 0 Å². The van der Waals surface area contributed by atoms with Crippen molar-refractivity contribution in [2.24, 2.45) is 0 Å². The molecule has 190 valence electrons. The van der Waals surface area contributed by atoms with Gasteiger partial charge in [0, 0.05) is 12.0 Å². The molecule has 41 heavy (non-hydrogen) atoms. The van der Waals surface area contributed by atoms with Gasteiger partial charge in [0.15, 0.2) is 0 Å². The van der Waals surface area contributed by atoms with Gasteiger partial charge in [-0.05, 0) is 100 Å². The third-order valence-electron chi connectivity index (χ3n) is 9.48. The fourth-order valence-corrected chi connectivity index (χ4v) is 7.77. The van der Waals surface area contributed by atoms with Gasteiger partial charge in [0.05, 0.1) is 6.61 Å². The van der Waals surface area contributed by atoms with Crippen molar-refractivity contribution in [2.45, 2.75) is 6.42 Å². The van der Waals surface area contributed by atoms with Crippen molar-refractivity contribution < 1.29 is 4.74 Å². The lowest BCUT2D eigenvalue weighted by Gasteiger charge is -2.16. The molecule has 0 unspecified atom stereocenters. The molecule has 0 amide bonds. The van der Waals surface area contributed by atoms with Gasteiger partial charge in [-0.2, -0.15) is 0 Å². The molecule has 1 heteroatoms. The van der Waals surface area contributed by atoms with Crippen molar-refractivity contribution >= 4 is 21.5 Å². The monoisotopic (exact) mass is 520 g/mol. The van der Waals surface area contributed by atoms with Crippen LogP contribution in [0, 0.1) is 0 Å². The number of hydrogen-bond acceptors (Lipinski definition) is 1. The van der Waals surface area contributed by atoms with Gasteiger partial charge < -0.3 is 4.74 Å². The summed E-state index contributed by atoms with van der Waals surface area (Å²) >= 11 is 0. The van der Waals surface area contributed by atoms with E-state index in [1.807, 2.05) is 0 Å². The molecule has 0 radical (unpaired) electrons. The highest BCUT2D eigenvalue weighted by atomic mass is 16.5. The summed E-state index contributed by atoms with van der Waals surface area (Å²) in [6, 6.07) is 45.2. The Kier molecular flexibility index (Phi) is 4.09. The first kappa shape index (κ1) is 21.7. The Morgan fingerprint density at radius 2 is 0.878 bits per heavy atom. The third kappa shape index (κ3) is 2.76. The Labute approximate surface area is 238 Å². The molecule has 7 aromatic carbocycles. The summed E-state index contributed by atoms with van der Waals surface area (Å²) in [6.45, 7) is 0.734. The number of hydrogen-bond donors (Lipinski definition) is 0. The first-order chi connectivity index (χ1) is 20.3. The average Bonchev–Trinajstić information content (AvgIpc) is 3.73. The number of ether oxygens (including phenoxy) is 1. The first-order valence-electron chi connectivity index (χ1n) is 14.5. The van der Waals surface area contributed by atoms with Gasteiger partial charge in [-0.3, -0.25) is 0 Å². The number of rotatable bonds is 2. The van der Waals surface area contributed by atoms with Crippen LogP contribution in [0.25, 0.3) is 88.3 Å². The maximum absolute atomic E-state index is 6.34. The Hall–Kier alpha value is -5.14. The van der Waals surface area contributed by atoms with E-state index in [0.29, 0.717) is 0 Å². The van der Waals surface area contributed by atoms with Gasteiger partial charge in [0.1, 0.15) is 5.75 Å². The maximum Gasteiger partial charge on any atom is 0.130 e. The van der Waals surface area contributed by atoms with Crippen LogP contribution in [-0.2, 0) is 6.42 Å². The second-order valence-corrected chi connectivity index (χ2v) is 11.5. The lowest BCUT2D eigenvalue weighted by molar-refractivity contribution is 0.358. The molecule has 10 rings (SSSR count). The minimum atomic E-state index is 0.734. The van der Waals surface area contributed by atoms with E-state index >= 15 is 0 Å². The predicted molar refractivity (Wildman–Crippen MR) is 170 cm³/mol. The summed E-state index contributed by atoms with van der Waals surface area (Å²) in [5.74, 6) is 1.04. The molecular formula is C40H24O. The van der Waals surface area contributed by atoms with Gasteiger partial charge in [0.25, 0.3) is 0 Å². The number of fused-ring (bicyclic) bond motifs is 7. The van der Waals surface area contributed by atoms with Crippen LogP contribution in [0.4, 0.5) is 0 Å². The normalized spacial score (nSPS) is 13.4. The van der Waals surface area contributed by atoms with E-state index in [2.05, 4.69) is 121 Å². The van der Waals surface area contributed by atoms with E-state index in [1.54, 1.807) is 0 Å². The van der Waals surface area contributed by atoms with Crippen molar-refractivity contribution in [2.75, 3.05) is 6.61 Å². The zero-order valence-corrected chi connectivity index (χ0v) is 22.4. The lowest BCUT2D eigenvalue weighted by atomic mass is 9.88. The maximum atomic E-state index is 6.34. The minimum Gasteiger partial charge on any atom is -0.492 e. The van der Waals surface area contributed by atoms with Crippen LogP contribution in [-0.4, -0.2) is 6.61 Å². The molecule has 3 aliphatic rings. The molecule has 0 saturated carbocycles. The van der Waals surface area contributed by atoms with E-state index in [4.69, 9.17) is 4.74 Å². The van der Waals surface area contributed by atoms with Crippen molar-refractivity contribution in [1.82, 2.24) is 0 Å². The smallest absolute Gasteiger partial charge is 0.130 e. The van der Waals surface area contributed by atoms with Crippen LogP contribution in [0.1, 0.15) is 5.56 Å². The Morgan fingerprint density at radius 3 is 1.49 bits per heavy atom. The van der Waals surface area contributed by atoms with E-state index in [9.17, 15) is 0 Å². The summed E-state index contributed by atoms with van der Waals surface area (Å²) in [7, 11) is 0. The second kappa shape index (κ2) is 7.74. The lowest BCUT2D eigenvalue weighted by Crippen LogP contribution is -1.92. The molecule has 0 spiro atoms. The highest BCUT2D eigenvalue weighted by Gasteiger charge is 2.27. The largest absolute Gasteiger partial charge is 0.492 e. The summed E-state index contributed by atoms with van der Waals surface area (Å²) in [5.41, 5.74) is 17.0. The van der Waals surface area contributed by atoms with Crippen molar-refractivity contribution in [3.8, 4) is 72.5 Å². The van der Waals surface area contributed by atoms with Crippen molar-refractivity contribution in [3.05, 3.63) is 127 Å². The summed E-state index contributed by atoms with van der Waals surface area (Å²) in [6.07, 6.45) is 0.940. The van der Waals surface area contributed by atoms with E-state index in [0.717, 1.165) is 18.8 Å². The Morgan fingerprint density at radius 1 is 0.390 bits per heavy atom. The van der Waals surface area contributed by atoms with Gasteiger partial charge in [0.2, 0.25) is 0 Å². The van der Waals surface area contributed by atoms with Crippen LogP contribution >= 0.6 is 0 Å². The molecule has 2 aliphatic carbocycles. The first-order valence-corrected chi connectivity index (χ1v) is 14.5. The van der Waals surface area contributed by atoms with Gasteiger partial charge >= 0.3 is 0 Å². The Bertz CT molecular complexity index is 2230. The van der Waals surface area contributed by atoms with Crippen LogP contribution in [0.15, 0.2) is 121 Å². The third-order valence-corrected chi connectivity index (χ3v) is 9.48. The molecular weight excluding hydrogens is 496 g/mol. The van der Waals surface area contributed by atoms with Gasteiger partial charge in [-0.15, -0.1) is 0 Å². The summed E-state index contributed by atoms with van der Waals surface area (Å²) in [5, 5.41) is 5.33. The molecule has 0 bridgehead atoms. The Balaban J connectivity index is 1.23. The average molecular weight is 521 g/mol. The molecule has 0 aromatic heterocycles. The number of benzene rings is 7. The molecule has 0 fully saturated rings. The fourth-order valence-electron chi connectivity index (χ4n) is 7.77. The second-order valence-electron chi connectivity index (χ2n) is 11.5. The van der Waals surface area contributed by atoms with Crippen LogP contribution in [0.5, 0.6) is 5.75 Å². The molecule has 0 saturated heterocycles. The summed E-state index contributed by atoms with van der Waals surface area (Å²) in [4.78, 5) is 0. The highest BCUT2D eigenvalue weighted by Crippen LogP contribution is 2.53. The fraction of sp³-hybridized carbons (Fsp3) is 0.0500. The van der Waals surface area contributed by atoms with Crippen molar-refractivity contribution in [1.29, 1.82) is 0 Å². The standard InChI is InChI=1S/C40H24O/c1-3-9-28-26(7-1)32-12-5-11-31-25(15-17-35(28)38(31)32)24-21-23-19-20-41-40(23)37(22-24)30-16-18-36-29-10-4-2-8-27(29)33-13-6-14-34(30)39(33)36/h1-18,21-22H,19-20H2. The molecule has 7 aromatic rings. The van der Waals surface area contributed by atoms with Crippen LogP contribution < -0.4 is 4.74 Å². The highest BCUT2D eigenvalue weighted by molar-refractivity contribution is 6.20. The zero-order chi connectivity index (χ0) is 26.7. The van der Waals surface area contributed by atoms with E-state index < -0.39 is 0 Å². The molecule has 0 N–H and O–H groups in total. The van der Waals surface area contributed by atoms with E-state index in [-0.39, 0.29) is 0 Å². The van der Waals surface area contributed by atoms with E-state index in [1.165, 1.54) is 93.9 Å². The molecule has 0 atom stereocenters. The molecule has 1 heterocycles. The van der Waals surface area contributed by atoms with Crippen molar-refractivity contribution in [3.63, 3.8) is 0 Å². The quantitative estimate of drug-likeness (QED) is 0.220. The SMILES string of the molecule is c1ccc2c(c1)-c1cccc3c(-c4cc5c(c(-c6ccc7c8c(cccc68)-c6ccccc6-7)c4)OCC5)ccc-2c13. The molecule has 1 aliphatic heterocycles. The predicted octanol–water partition coefficient (Wildman–Crippen LogP) is 10.6.